The highest BCUT2D eigenvalue weighted by Gasteiger charge is 2.59. The molecule has 3 atom stereocenters. The summed E-state index contributed by atoms with van der Waals surface area (Å²) < 4.78 is 22.7. The zero-order valence-corrected chi connectivity index (χ0v) is 14.0. The number of rotatable bonds is 5. The molecule has 2 rings (SSSR count). The van der Waals surface area contributed by atoms with Crippen molar-refractivity contribution in [2.75, 3.05) is 6.79 Å². The van der Waals surface area contributed by atoms with Crippen molar-refractivity contribution in [2.24, 2.45) is 5.92 Å². The van der Waals surface area contributed by atoms with Gasteiger partial charge in [0.05, 0.1) is 0 Å². The first-order valence-corrected chi connectivity index (χ1v) is 9.01. The van der Waals surface area contributed by atoms with E-state index in [0.29, 0.717) is 12.3 Å². The van der Waals surface area contributed by atoms with Gasteiger partial charge >= 0.3 is 20.0 Å². The van der Waals surface area contributed by atoms with Crippen LogP contribution >= 0.6 is 8.03 Å². The summed E-state index contributed by atoms with van der Waals surface area (Å²) in [4.78, 5) is 12.9. The lowest BCUT2D eigenvalue weighted by atomic mass is 9.84. The predicted octanol–water partition coefficient (Wildman–Crippen LogP) is 3.11. The summed E-state index contributed by atoms with van der Waals surface area (Å²) >= 11 is 0. The minimum absolute atomic E-state index is 0.415. The molecule has 1 saturated carbocycles. The average Bonchev–Trinajstić information content (AvgIpc) is 2.71. The second kappa shape index (κ2) is 7.21. The van der Waals surface area contributed by atoms with Crippen molar-refractivity contribution in [3.63, 3.8) is 0 Å². The minimum Gasteiger partial charge on any atom is -0.465 e. The number of amides is 1. The summed E-state index contributed by atoms with van der Waals surface area (Å²) in [6.45, 7) is 2.63. The highest BCUT2D eigenvalue weighted by atomic mass is 31.1. The van der Waals surface area contributed by atoms with E-state index in [-0.39, 0.29) is 0 Å². The van der Waals surface area contributed by atoms with Crippen LogP contribution in [0.5, 0.6) is 0 Å². The molecule has 2 N–H and O–H groups in total. The molecule has 2 unspecified atom stereocenters. The second-order valence-electron chi connectivity index (χ2n) is 6.46. The van der Waals surface area contributed by atoms with Crippen LogP contribution in [0.4, 0.5) is 4.79 Å². The Morgan fingerprint density at radius 1 is 1.36 bits per heavy atom. The van der Waals surface area contributed by atoms with Crippen molar-refractivity contribution >= 4 is 14.1 Å². The highest BCUT2D eigenvalue weighted by Crippen LogP contribution is 2.47. The van der Waals surface area contributed by atoms with Crippen LogP contribution in [0.15, 0.2) is 0 Å². The number of nitrogens with zero attached hydrogens (tertiary/aromatic N) is 1. The van der Waals surface area contributed by atoms with Crippen LogP contribution in [0.2, 0.25) is 0 Å². The fraction of sp³-hybridized carbons (Fsp3) is 0.929. The predicted molar refractivity (Wildman–Crippen MR) is 79.6 cm³/mol. The third kappa shape index (κ3) is 3.77. The zero-order chi connectivity index (χ0) is 16.3. The lowest BCUT2D eigenvalue weighted by Gasteiger charge is -2.32. The van der Waals surface area contributed by atoms with Gasteiger partial charge in [0.1, 0.15) is 11.8 Å². The van der Waals surface area contributed by atoms with Gasteiger partial charge in [-0.05, 0) is 30.8 Å². The Bertz CT molecular complexity index is 424. The van der Waals surface area contributed by atoms with E-state index >= 15 is 0 Å². The number of aliphatic hydroxyl groups is 1. The van der Waals surface area contributed by atoms with Crippen LogP contribution in [-0.2, 0) is 13.8 Å². The highest BCUT2D eigenvalue weighted by molar-refractivity contribution is 7.39. The van der Waals surface area contributed by atoms with E-state index < -0.39 is 38.5 Å². The van der Waals surface area contributed by atoms with Crippen molar-refractivity contribution in [3.8, 4) is 0 Å². The van der Waals surface area contributed by atoms with Gasteiger partial charge < -0.3 is 14.9 Å². The van der Waals surface area contributed by atoms with Crippen LogP contribution in [-0.4, -0.2) is 45.6 Å². The van der Waals surface area contributed by atoms with Gasteiger partial charge in [-0.3, -0.25) is 4.90 Å². The van der Waals surface area contributed by atoms with E-state index in [0.717, 1.165) is 25.7 Å². The largest absolute Gasteiger partial charge is 0.545 e. The molecule has 0 spiro atoms. The van der Waals surface area contributed by atoms with E-state index in [4.69, 9.17) is 14.4 Å². The summed E-state index contributed by atoms with van der Waals surface area (Å²) in [6, 6.07) is -0.509. The third-order valence-electron chi connectivity index (χ3n) is 4.55. The Balaban J connectivity index is 2.19. The van der Waals surface area contributed by atoms with Crippen molar-refractivity contribution in [1.29, 1.82) is 0 Å². The molecule has 0 aromatic rings. The number of hydrogen-bond donors (Lipinski definition) is 2. The van der Waals surface area contributed by atoms with Crippen molar-refractivity contribution in [3.05, 3.63) is 0 Å². The van der Waals surface area contributed by atoms with E-state index in [1.165, 1.54) is 11.3 Å². The van der Waals surface area contributed by atoms with Gasteiger partial charge in [0, 0.05) is 0 Å². The molecular weight excluding hydrogens is 309 g/mol. The van der Waals surface area contributed by atoms with Crippen molar-refractivity contribution < 1.29 is 28.8 Å². The average molecular weight is 334 g/mol. The second-order valence-corrected chi connectivity index (χ2v) is 7.80. The molecule has 1 heterocycles. The normalized spacial score (nSPS) is 29.6. The van der Waals surface area contributed by atoms with Crippen LogP contribution < -0.4 is 0 Å². The monoisotopic (exact) mass is 334 g/mol. The first-order chi connectivity index (χ1) is 10.4. The van der Waals surface area contributed by atoms with Gasteiger partial charge in [0.2, 0.25) is 0 Å². The Morgan fingerprint density at radius 2 is 2.00 bits per heavy atom. The lowest BCUT2D eigenvalue weighted by molar-refractivity contribution is -0.0529. The number of hydrogen-bond acceptors (Lipinski definition) is 5. The quantitative estimate of drug-likeness (QED) is 0.592. The van der Waals surface area contributed by atoms with E-state index in [9.17, 15) is 14.5 Å². The van der Waals surface area contributed by atoms with Gasteiger partial charge in [-0.1, -0.05) is 32.1 Å². The van der Waals surface area contributed by atoms with Crippen LogP contribution in [0.1, 0.15) is 52.4 Å². The van der Waals surface area contributed by atoms with Crippen LogP contribution in [0.3, 0.4) is 0 Å². The third-order valence-corrected chi connectivity index (χ3v) is 5.78. The Kier molecular flexibility index (Phi) is 5.77. The van der Waals surface area contributed by atoms with Crippen LogP contribution in [0, 0.1) is 5.92 Å². The maximum Gasteiger partial charge on any atom is 0.545 e. The Labute approximate surface area is 131 Å². The molecule has 22 heavy (non-hydrogen) atoms. The fourth-order valence-electron chi connectivity index (χ4n) is 3.63. The van der Waals surface area contributed by atoms with E-state index in [2.05, 4.69) is 0 Å². The molecule has 126 valence electrons. The van der Waals surface area contributed by atoms with E-state index in [1.807, 2.05) is 0 Å². The molecule has 1 aliphatic heterocycles. The molecule has 2 aliphatic rings. The fourth-order valence-corrected chi connectivity index (χ4v) is 4.77. The molecule has 8 heteroatoms. The van der Waals surface area contributed by atoms with Gasteiger partial charge in [-0.15, -0.1) is 4.52 Å². The molecule has 1 amide bonds. The number of carboxylic acid groups (broad SMARTS) is 1. The SMILES string of the molecule is CC1(C)OC([P+](=O)OCO)[C@H](CC2CCCCC2)N1C(=O)O. The van der Waals surface area contributed by atoms with Crippen molar-refractivity contribution in [1.82, 2.24) is 4.90 Å². The molecule has 0 radical (unpaired) electrons. The van der Waals surface area contributed by atoms with Gasteiger partial charge in [0.25, 0.3) is 0 Å². The Morgan fingerprint density at radius 3 is 2.55 bits per heavy atom. The standard InChI is InChI=1S/C14H24NO6P/c1-14(2)15(13(17)18)11(8-10-6-4-3-5-7-10)12(21-14)22(19)20-9-16/h10-12,16H,3-9H2,1-2H3/p+1/t11-,12?/m0/s1. The number of ether oxygens (including phenoxy) is 1. The molecule has 2 fully saturated rings. The molecule has 0 aromatic carbocycles. The number of aliphatic hydroxyl groups excluding tert-OH is 1. The maximum atomic E-state index is 12.2. The summed E-state index contributed by atoms with van der Waals surface area (Å²) in [5.74, 6) is -0.423. The zero-order valence-electron chi connectivity index (χ0n) is 13.1. The minimum atomic E-state index is -2.29. The van der Waals surface area contributed by atoms with E-state index in [1.54, 1.807) is 13.8 Å². The van der Waals surface area contributed by atoms with Crippen LogP contribution in [0.25, 0.3) is 0 Å². The lowest BCUT2D eigenvalue weighted by Crippen LogP contribution is -2.48. The molecular formula is C14H25NO6P+. The molecule has 0 bridgehead atoms. The smallest absolute Gasteiger partial charge is 0.465 e. The Hall–Kier alpha value is -0.750. The first-order valence-electron chi connectivity index (χ1n) is 7.77. The van der Waals surface area contributed by atoms with Gasteiger partial charge in [-0.2, -0.15) is 0 Å². The summed E-state index contributed by atoms with van der Waals surface area (Å²) in [5.41, 5.74) is -1.06. The molecule has 7 nitrogen and oxygen atoms in total. The topological polar surface area (TPSA) is 96.3 Å². The first kappa shape index (κ1) is 17.6. The summed E-state index contributed by atoms with van der Waals surface area (Å²) in [6.07, 6.45) is 5.19. The summed E-state index contributed by atoms with van der Waals surface area (Å²) in [5, 5.41) is 18.4. The van der Waals surface area contributed by atoms with Gasteiger partial charge in [-0.25, -0.2) is 4.79 Å². The molecule has 1 saturated heterocycles. The molecule has 0 aromatic heterocycles. The summed E-state index contributed by atoms with van der Waals surface area (Å²) in [7, 11) is -2.29. The maximum absolute atomic E-state index is 12.2. The number of carbonyl (C=O) groups is 1. The molecule has 1 aliphatic carbocycles. The van der Waals surface area contributed by atoms with Crippen molar-refractivity contribution in [2.45, 2.75) is 70.0 Å². The van der Waals surface area contributed by atoms with Gasteiger partial charge in [0.15, 0.2) is 6.79 Å².